The van der Waals surface area contributed by atoms with Gasteiger partial charge in [-0.3, -0.25) is 0 Å². The minimum atomic E-state index is -0.0557. The summed E-state index contributed by atoms with van der Waals surface area (Å²) in [6, 6.07) is 2.47. The molecule has 0 atom stereocenters. The Hall–Kier alpha value is 0.330. The second-order valence-electron chi connectivity index (χ2n) is 5.06. The summed E-state index contributed by atoms with van der Waals surface area (Å²) in [4.78, 5) is 0. The summed E-state index contributed by atoms with van der Waals surface area (Å²) in [7, 11) is 0. The normalized spacial score (nSPS) is 16.4. The Morgan fingerprint density at radius 3 is 3.10 bits per heavy atom. The Labute approximate surface area is 148 Å². The third kappa shape index (κ3) is 5.18. The zero-order valence-corrected chi connectivity index (χ0v) is 17.3. The Bertz CT molecular complexity index is 472. The first kappa shape index (κ1) is 17.7. The molecular weight excluding hydrogens is 494 g/mol. The number of halogens is 2. The standard InChI is InChI=1S/C15H24I2N2O2/c1-4-16-11-17-21-9-13-6-8-20-10-14(13)15-5-7-18-19(15)12(2)3/h5,7,12H,4,6,8-11H2,1-3H3/q-2. The van der Waals surface area contributed by atoms with E-state index in [0.29, 0.717) is 33.9 Å². The predicted molar refractivity (Wildman–Crippen MR) is 76.3 cm³/mol. The van der Waals surface area contributed by atoms with Gasteiger partial charge in [-0.15, -0.1) is 0 Å². The van der Waals surface area contributed by atoms with Crippen molar-refractivity contribution in [2.24, 2.45) is 0 Å². The van der Waals surface area contributed by atoms with E-state index in [9.17, 15) is 0 Å². The zero-order chi connectivity index (χ0) is 15.1. The molecule has 0 amide bonds. The van der Waals surface area contributed by atoms with Gasteiger partial charge in [0.25, 0.3) is 0 Å². The number of hydrogen-bond donors (Lipinski definition) is 0. The summed E-state index contributed by atoms with van der Waals surface area (Å²) in [5.74, 6) is 0. The maximum absolute atomic E-state index is 6.00. The fraction of sp³-hybridized carbons (Fsp3) is 0.667. The van der Waals surface area contributed by atoms with Gasteiger partial charge < -0.3 is 0 Å². The van der Waals surface area contributed by atoms with Crippen LogP contribution >= 0.6 is 0 Å². The van der Waals surface area contributed by atoms with Gasteiger partial charge in [-0.25, -0.2) is 0 Å². The van der Waals surface area contributed by atoms with Crippen molar-refractivity contribution < 1.29 is 50.6 Å². The van der Waals surface area contributed by atoms with Crippen LogP contribution in [0.1, 0.15) is 38.9 Å². The number of ether oxygens (including phenoxy) is 1. The molecule has 1 aromatic heterocycles. The second kappa shape index (κ2) is 9.46. The van der Waals surface area contributed by atoms with Gasteiger partial charge in [-0.05, 0) is 0 Å². The number of alkyl halides is 3. The molecule has 0 aromatic carbocycles. The molecule has 21 heavy (non-hydrogen) atoms. The van der Waals surface area contributed by atoms with Crippen LogP contribution in [0, 0.1) is 0 Å². The maximum atomic E-state index is 6.00. The van der Waals surface area contributed by atoms with Crippen LogP contribution in [0.3, 0.4) is 0 Å². The molecule has 0 N–H and O–H groups in total. The van der Waals surface area contributed by atoms with Gasteiger partial charge in [0.1, 0.15) is 0 Å². The molecular formula is C15H24I2N2O2-2. The molecule has 2 rings (SSSR count). The molecule has 0 bridgehead atoms. The summed E-state index contributed by atoms with van der Waals surface area (Å²) in [6.45, 7) is 8.91. The fourth-order valence-corrected chi connectivity index (χ4v) is 8.54. The second-order valence-corrected chi connectivity index (χ2v) is 13.4. The van der Waals surface area contributed by atoms with Gasteiger partial charge in [-0.1, -0.05) is 0 Å². The number of hydrogen-bond acceptors (Lipinski definition) is 3. The van der Waals surface area contributed by atoms with Crippen LogP contribution in [0.2, 0.25) is 0 Å². The van der Waals surface area contributed by atoms with Gasteiger partial charge in [0, 0.05) is 0 Å². The monoisotopic (exact) mass is 518 g/mol. The van der Waals surface area contributed by atoms with Crippen LogP contribution in [-0.2, 0) is 7.80 Å². The third-order valence-corrected chi connectivity index (χ3v) is 10.1. The average Bonchev–Trinajstić information content (AvgIpc) is 2.97. The van der Waals surface area contributed by atoms with E-state index < -0.39 is 0 Å². The SMILES string of the molecule is CC[I-]C[I-]OCC1=C(c2ccnn2C(C)C)COCC1. The van der Waals surface area contributed by atoms with Crippen molar-refractivity contribution in [1.29, 1.82) is 0 Å². The van der Waals surface area contributed by atoms with Gasteiger partial charge in [0.15, 0.2) is 0 Å². The number of aromatic nitrogens is 2. The molecule has 0 unspecified atom stereocenters. The quantitative estimate of drug-likeness (QED) is 0.206. The van der Waals surface area contributed by atoms with Crippen molar-refractivity contribution in [3.8, 4) is 0 Å². The predicted octanol–water partition coefficient (Wildman–Crippen LogP) is -3.28. The molecule has 0 saturated heterocycles. The summed E-state index contributed by atoms with van der Waals surface area (Å²) < 4.78 is 16.5. The minimum absolute atomic E-state index is 0.0557. The van der Waals surface area contributed by atoms with Crippen LogP contribution in [-0.4, -0.2) is 36.5 Å². The van der Waals surface area contributed by atoms with E-state index in [0.717, 1.165) is 19.6 Å². The van der Waals surface area contributed by atoms with E-state index in [-0.39, 0.29) is 21.6 Å². The summed E-state index contributed by atoms with van der Waals surface area (Å²) >= 11 is 0.348. The molecule has 0 radical (unpaired) electrons. The first-order chi connectivity index (χ1) is 10.2. The first-order valence-electron chi connectivity index (χ1n) is 7.31. The van der Waals surface area contributed by atoms with E-state index in [1.807, 2.05) is 6.20 Å². The molecule has 1 aliphatic rings. The Morgan fingerprint density at radius 2 is 2.33 bits per heavy atom. The zero-order valence-electron chi connectivity index (χ0n) is 12.9. The van der Waals surface area contributed by atoms with Gasteiger partial charge in [-0.2, -0.15) is 0 Å². The van der Waals surface area contributed by atoms with Crippen LogP contribution in [0.25, 0.3) is 5.57 Å². The van der Waals surface area contributed by atoms with Crippen LogP contribution < -0.4 is 42.8 Å². The van der Waals surface area contributed by atoms with Gasteiger partial charge in [0.2, 0.25) is 0 Å². The van der Waals surface area contributed by atoms with E-state index in [2.05, 4.69) is 36.6 Å². The first-order valence-corrected chi connectivity index (χ1v) is 12.8. The molecule has 0 spiro atoms. The van der Waals surface area contributed by atoms with Crippen molar-refractivity contribution in [3.05, 3.63) is 23.5 Å². The topological polar surface area (TPSA) is 36.3 Å². The molecule has 2 heterocycles. The van der Waals surface area contributed by atoms with Gasteiger partial charge in [0.05, 0.1) is 0 Å². The number of rotatable bonds is 8. The van der Waals surface area contributed by atoms with Crippen LogP contribution in [0.15, 0.2) is 17.8 Å². The van der Waals surface area contributed by atoms with Crippen molar-refractivity contribution >= 4 is 5.57 Å². The van der Waals surface area contributed by atoms with E-state index >= 15 is 0 Å². The Balaban J connectivity index is 2.06. The Morgan fingerprint density at radius 1 is 1.48 bits per heavy atom. The fourth-order valence-electron chi connectivity index (χ4n) is 2.24. The third-order valence-electron chi connectivity index (χ3n) is 3.30. The van der Waals surface area contributed by atoms with Crippen LogP contribution in [0.5, 0.6) is 0 Å². The number of nitrogens with zero attached hydrogens (tertiary/aromatic N) is 2. The van der Waals surface area contributed by atoms with Crippen molar-refractivity contribution in [2.75, 3.05) is 26.7 Å². The van der Waals surface area contributed by atoms with Crippen molar-refractivity contribution in [3.63, 3.8) is 0 Å². The van der Waals surface area contributed by atoms with Gasteiger partial charge >= 0.3 is 149 Å². The average molecular weight is 518 g/mol. The molecule has 0 aliphatic carbocycles. The molecule has 1 aliphatic heterocycles. The van der Waals surface area contributed by atoms with Crippen molar-refractivity contribution in [2.45, 2.75) is 33.2 Å². The molecule has 4 nitrogen and oxygen atoms in total. The molecule has 0 fully saturated rings. The molecule has 6 heteroatoms. The summed E-state index contributed by atoms with van der Waals surface area (Å²) in [6.07, 6.45) is 2.87. The van der Waals surface area contributed by atoms with E-state index in [1.165, 1.54) is 23.7 Å². The van der Waals surface area contributed by atoms with Crippen molar-refractivity contribution in [1.82, 2.24) is 9.78 Å². The van der Waals surface area contributed by atoms with Crippen LogP contribution in [0.4, 0.5) is 0 Å². The molecule has 1 aromatic rings. The summed E-state index contributed by atoms with van der Waals surface area (Å²) in [5, 5.41) is 4.44. The Kier molecular flexibility index (Phi) is 7.97. The summed E-state index contributed by atoms with van der Waals surface area (Å²) in [5.41, 5.74) is 3.90. The van der Waals surface area contributed by atoms with E-state index in [1.54, 1.807) is 0 Å². The van der Waals surface area contributed by atoms with E-state index in [4.69, 9.17) is 7.80 Å². The molecule has 0 saturated carbocycles. The molecule has 122 valence electrons.